The summed E-state index contributed by atoms with van der Waals surface area (Å²) in [5.41, 5.74) is 0.725. The molecule has 1 aromatic rings. The number of rotatable bonds is 5. The average Bonchev–Trinajstić information content (AvgIpc) is 2.53. The summed E-state index contributed by atoms with van der Waals surface area (Å²) < 4.78 is 72.6. The van der Waals surface area contributed by atoms with Gasteiger partial charge in [-0.25, -0.2) is 8.98 Å². The van der Waals surface area contributed by atoms with E-state index in [0.29, 0.717) is 12.8 Å². The zero-order valence-electron chi connectivity index (χ0n) is 13.6. The van der Waals surface area contributed by atoms with Crippen molar-refractivity contribution in [2.75, 3.05) is 0 Å². The molecule has 0 aliphatic heterocycles. The Labute approximate surface area is 144 Å². The van der Waals surface area contributed by atoms with Crippen molar-refractivity contribution < 1.29 is 35.3 Å². The lowest BCUT2D eigenvalue weighted by Gasteiger charge is -2.25. The third-order valence-corrected chi connectivity index (χ3v) is 5.17. The van der Waals surface area contributed by atoms with Crippen molar-refractivity contribution in [1.29, 1.82) is 0 Å². The van der Waals surface area contributed by atoms with Crippen molar-refractivity contribution in [3.05, 3.63) is 29.8 Å². The summed E-state index contributed by atoms with van der Waals surface area (Å²) in [7, 11) is -4.77. The zero-order chi connectivity index (χ0) is 18.7. The van der Waals surface area contributed by atoms with Crippen molar-refractivity contribution in [2.24, 2.45) is 0 Å². The van der Waals surface area contributed by atoms with E-state index in [1.54, 1.807) is 6.92 Å². The van der Waals surface area contributed by atoms with Gasteiger partial charge in [-0.1, -0.05) is 24.1 Å². The molecule has 140 valence electrons. The first kappa shape index (κ1) is 19.7. The third-order valence-electron chi connectivity index (χ3n) is 3.88. The van der Waals surface area contributed by atoms with E-state index in [4.69, 9.17) is 4.74 Å². The molecule has 0 bridgehead atoms. The third kappa shape index (κ3) is 5.43. The Balaban J connectivity index is 2.16. The van der Waals surface area contributed by atoms with E-state index in [1.165, 1.54) is 12.1 Å². The van der Waals surface area contributed by atoms with Crippen LogP contribution in [0.5, 0.6) is 0 Å². The van der Waals surface area contributed by atoms with Crippen LogP contribution in [0.2, 0.25) is 0 Å². The van der Waals surface area contributed by atoms with Gasteiger partial charge in [0.25, 0.3) is 16.2 Å². The summed E-state index contributed by atoms with van der Waals surface area (Å²) in [4.78, 5) is 11.4. The second-order valence-electron chi connectivity index (χ2n) is 5.98. The average molecular weight is 380 g/mol. The number of benzene rings is 1. The van der Waals surface area contributed by atoms with E-state index in [0.717, 1.165) is 37.0 Å². The van der Waals surface area contributed by atoms with Gasteiger partial charge in [-0.05, 0) is 44.7 Å². The standard InChI is InChI=1S/C16H19F3O5S/c1-11-7-9-13(10-8-11)25(21,22)24-14(16(17,18)19)15(20)23-12-5-3-2-4-6-12/h7-10,12,14H,2-6H2,1H3. The van der Waals surface area contributed by atoms with Gasteiger partial charge in [0.1, 0.15) is 6.10 Å². The van der Waals surface area contributed by atoms with Crippen LogP contribution >= 0.6 is 0 Å². The summed E-state index contributed by atoms with van der Waals surface area (Å²) in [6.07, 6.45) is -5.69. The molecule has 0 saturated heterocycles. The predicted octanol–water partition coefficient (Wildman–Crippen LogP) is 3.51. The van der Waals surface area contributed by atoms with Crippen LogP contribution in [0.25, 0.3) is 0 Å². The van der Waals surface area contributed by atoms with Crippen molar-refractivity contribution in [3.63, 3.8) is 0 Å². The Bertz CT molecular complexity index is 691. The summed E-state index contributed by atoms with van der Waals surface area (Å²) in [6.45, 7) is 1.69. The number of alkyl halides is 3. The predicted molar refractivity (Wildman–Crippen MR) is 82.3 cm³/mol. The van der Waals surface area contributed by atoms with Crippen molar-refractivity contribution in [3.8, 4) is 0 Å². The van der Waals surface area contributed by atoms with Crippen LogP contribution in [-0.4, -0.2) is 32.8 Å². The first-order valence-electron chi connectivity index (χ1n) is 7.87. The van der Waals surface area contributed by atoms with Gasteiger partial charge >= 0.3 is 12.1 Å². The highest BCUT2D eigenvalue weighted by atomic mass is 32.2. The van der Waals surface area contributed by atoms with Crippen LogP contribution < -0.4 is 0 Å². The van der Waals surface area contributed by atoms with Crippen LogP contribution in [0.3, 0.4) is 0 Å². The van der Waals surface area contributed by atoms with Crippen LogP contribution in [0.15, 0.2) is 29.2 Å². The molecule has 0 spiro atoms. The monoisotopic (exact) mass is 380 g/mol. The number of carbonyl (C=O) groups excluding carboxylic acids is 1. The van der Waals surface area contributed by atoms with Crippen molar-refractivity contribution >= 4 is 16.1 Å². The van der Waals surface area contributed by atoms with Gasteiger partial charge in [0, 0.05) is 0 Å². The topological polar surface area (TPSA) is 69.7 Å². The molecule has 9 heteroatoms. The second kappa shape index (κ2) is 7.74. The molecule has 0 N–H and O–H groups in total. The molecule has 25 heavy (non-hydrogen) atoms. The van der Waals surface area contributed by atoms with E-state index in [-0.39, 0.29) is 0 Å². The van der Waals surface area contributed by atoms with Gasteiger partial charge in [0.05, 0.1) is 4.90 Å². The molecular weight excluding hydrogens is 361 g/mol. The number of ether oxygens (including phenoxy) is 1. The fourth-order valence-corrected chi connectivity index (χ4v) is 3.55. The maximum Gasteiger partial charge on any atom is 0.427 e. The van der Waals surface area contributed by atoms with Gasteiger partial charge in [0.2, 0.25) is 0 Å². The maximum absolute atomic E-state index is 13.1. The van der Waals surface area contributed by atoms with E-state index in [2.05, 4.69) is 4.18 Å². The summed E-state index contributed by atoms with van der Waals surface area (Å²) >= 11 is 0. The molecule has 5 nitrogen and oxygen atoms in total. The quantitative estimate of drug-likeness (QED) is 0.578. The van der Waals surface area contributed by atoms with Crippen LogP contribution in [0, 0.1) is 6.92 Å². The number of esters is 1. The fourth-order valence-electron chi connectivity index (χ4n) is 2.52. The fraction of sp³-hybridized carbons (Fsp3) is 0.562. The summed E-state index contributed by atoms with van der Waals surface area (Å²) in [6, 6.07) is 5.06. The molecule has 1 aliphatic rings. The lowest BCUT2D eigenvalue weighted by molar-refractivity contribution is -0.214. The first-order chi connectivity index (χ1) is 11.6. The van der Waals surface area contributed by atoms with Gasteiger partial charge < -0.3 is 4.74 Å². The second-order valence-corrected chi connectivity index (χ2v) is 7.55. The number of hydrogen-bond acceptors (Lipinski definition) is 5. The van der Waals surface area contributed by atoms with E-state index >= 15 is 0 Å². The molecule has 1 atom stereocenters. The number of carbonyl (C=O) groups is 1. The van der Waals surface area contributed by atoms with E-state index in [1.807, 2.05) is 0 Å². The summed E-state index contributed by atoms with van der Waals surface area (Å²) in [5.74, 6) is -1.73. The van der Waals surface area contributed by atoms with Crippen LogP contribution in [0.1, 0.15) is 37.7 Å². The van der Waals surface area contributed by atoms with Crippen LogP contribution in [0.4, 0.5) is 13.2 Å². The Kier molecular flexibility index (Phi) is 6.10. The molecule has 0 radical (unpaired) electrons. The molecule has 1 aromatic carbocycles. The lowest BCUT2D eigenvalue weighted by Crippen LogP contribution is -2.43. The number of hydrogen-bond donors (Lipinski definition) is 0. The number of halogens is 3. The number of aryl methyl sites for hydroxylation is 1. The Morgan fingerprint density at radius 2 is 1.68 bits per heavy atom. The minimum Gasteiger partial charge on any atom is -0.460 e. The smallest absolute Gasteiger partial charge is 0.427 e. The normalized spacial score (nSPS) is 17.9. The summed E-state index contributed by atoms with van der Waals surface area (Å²) in [5, 5.41) is 0. The highest BCUT2D eigenvalue weighted by molar-refractivity contribution is 7.86. The van der Waals surface area contributed by atoms with Crippen molar-refractivity contribution in [2.45, 2.75) is 62.3 Å². The van der Waals surface area contributed by atoms with E-state index in [9.17, 15) is 26.4 Å². The van der Waals surface area contributed by atoms with Gasteiger partial charge in [0.15, 0.2) is 0 Å². The largest absolute Gasteiger partial charge is 0.460 e. The van der Waals surface area contributed by atoms with Gasteiger partial charge in [-0.2, -0.15) is 21.6 Å². The minimum absolute atomic E-state index is 0.459. The molecule has 1 aliphatic carbocycles. The molecular formula is C16H19F3O5S. The lowest BCUT2D eigenvalue weighted by atomic mass is 9.98. The molecule has 0 aromatic heterocycles. The molecule has 1 saturated carbocycles. The molecule has 2 rings (SSSR count). The SMILES string of the molecule is Cc1ccc(S(=O)(=O)OC(C(=O)OC2CCCCC2)C(F)(F)F)cc1. The van der Waals surface area contributed by atoms with Gasteiger partial charge in [-0.3, -0.25) is 0 Å². The van der Waals surface area contributed by atoms with E-state index < -0.39 is 39.4 Å². The maximum atomic E-state index is 13.1. The van der Waals surface area contributed by atoms with Crippen molar-refractivity contribution in [1.82, 2.24) is 0 Å². The Hall–Kier alpha value is -1.61. The Morgan fingerprint density at radius 1 is 1.12 bits per heavy atom. The van der Waals surface area contributed by atoms with Crippen LogP contribution in [-0.2, 0) is 23.8 Å². The molecule has 1 fully saturated rings. The Morgan fingerprint density at radius 3 is 2.20 bits per heavy atom. The highest BCUT2D eigenvalue weighted by Gasteiger charge is 2.51. The first-order valence-corrected chi connectivity index (χ1v) is 9.27. The van der Waals surface area contributed by atoms with Gasteiger partial charge in [-0.15, -0.1) is 0 Å². The molecule has 0 heterocycles. The minimum atomic E-state index is -5.20. The zero-order valence-corrected chi connectivity index (χ0v) is 14.4. The molecule has 1 unspecified atom stereocenters. The highest BCUT2D eigenvalue weighted by Crippen LogP contribution is 2.29. The molecule has 0 amide bonds.